The van der Waals surface area contributed by atoms with Gasteiger partial charge >= 0.3 is 5.97 Å². The summed E-state index contributed by atoms with van der Waals surface area (Å²) >= 11 is 14.6. The van der Waals surface area contributed by atoms with E-state index in [2.05, 4.69) is 10.1 Å². The lowest BCUT2D eigenvalue weighted by Crippen LogP contribution is -2.38. The fourth-order valence-corrected chi connectivity index (χ4v) is 7.41. The van der Waals surface area contributed by atoms with Crippen LogP contribution >= 0.6 is 34.5 Å². The standard InChI is InChI=1S/C27H23Cl2N3O4S/c28-18-2-1-3-19(29)23(18)24-17(25(36-31-24)13-4-5-13)12-35-21-10-16-8-15(21)11-32(16)27-30-20-7-6-14(26(33)34)9-22(20)37-27/h1-3,6-7,9,13,15-16,21H,4-5,8,10-12H2,(H,33,34)/t15-,16-,21-/m1/s1. The minimum absolute atomic E-state index is 0.144. The van der Waals surface area contributed by atoms with Gasteiger partial charge in [-0.1, -0.05) is 45.8 Å². The molecule has 2 aromatic heterocycles. The molecular weight excluding hydrogens is 533 g/mol. The predicted molar refractivity (Wildman–Crippen MR) is 143 cm³/mol. The molecule has 37 heavy (non-hydrogen) atoms. The molecule has 1 aliphatic heterocycles. The molecule has 0 spiro atoms. The second-order valence-corrected chi connectivity index (χ2v) is 11.9. The van der Waals surface area contributed by atoms with Crippen LogP contribution in [-0.4, -0.2) is 39.9 Å². The van der Waals surface area contributed by atoms with E-state index >= 15 is 0 Å². The first-order valence-corrected chi connectivity index (χ1v) is 14.0. The minimum atomic E-state index is -0.922. The Bertz CT molecular complexity index is 1510. The number of anilines is 1. The molecule has 7 nitrogen and oxygen atoms in total. The van der Waals surface area contributed by atoms with E-state index in [4.69, 9.17) is 37.4 Å². The molecule has 3 atom stereocenters. The lowest BCUT2D eigenvalue weighted by molar-refractivity contribution is 0.0122. The first-order valence-electron chi connectivity index (χ1n) is 12.4. The quantitative estimate of drug-likeness (QED) is 0.262. The van der Waals surface area contributed by atoms with E-state index in [1.165, 1.54) is 0 Å². The molecule has 0 radical (unpaired) electrons. The smallest absolute Gasteiger partial charge is 0.335 e. The van der Waals surface area contributed by atoms with E-state index in [9.17, 15) is 9.90 Å². The molecule has 0 unspecified atom stereocenters. The van der Waals surface area contributed by atoms with E-state index in [1.54, 1.807) is 29.5 Å². The molecule has 3 fully saturated rings. The number of piperidine rings is 1. The number of fused-ring (bicyclic) bond motifs is 3. The van der Waals surface area contributed by atoms with Crippen LogP contribution < -0.4 is 4.90 Å². The lowest BCUT2D eigenvalue weighted by atomic mass is 10.0. The average molecular weight is 556 g/mol. The third-order valence-electron chi connectivity index (χ3n) is 7.75. The van der Waals surface area contributed by atoms with Crippen molar-refractivity contribution in [3.8, 4) is 11.3 Å². The van der Waals surface area contributed by atoms with Crippen molar-refractivity contribution < 1.29 is 19.2 Å². The third kappa shape index (κ3) is 4.11. The highest BCUT2D eigenvalue weighted by atomic mass is 35.5. The van der Waals surface area contributed by atoms with Gasteiger partial charge in [-0.2, -0.15) is 0 Å². The Labute approximate surface area is 226 Å². The summed E-state index contributed by atoms with van der Waals surface area (Å²) in [5.74, 6) is 0.765. The summed E-state index contributed by atoms with van der Waals surface area (Å²) < 4.78 is 13.2. The van der Waals surface area contributed by atoms with Crippen LogP contribution in [0.5, 0.6) is 0 Å². The number of hydrogen-bond donors (Lipinski definition) is 1. The van der Waals surface area contributed by atoms with Gasteiger partial charge < -0.3 is 19.3 Å². The minimum Gasteiger partial charge on any atom is -0.478 e. The van der Waals surface area contributed by atoms with Crippen molar-refractivity contribution in [1.82, 2.24) is 10.1 Å². The second kappa shape index (κ2) is 8.98. The van der Waals surface area contributed by atoms with Crippen molar-refractivity contribution >= 4 is 55.9 Å². The number of carboxylic acid groups (broad SMARTS) is 1. The summed E-state index contributed by atoms with van der Waals surface area (Å²) in [5, 5.41) is 15.7. The van der Waals surface area contributed by atoms with Gasteiger partial charge in [0, 0.05) is 35.5 Å². The van der Waals surface area contributed by atoms with Crippen molar-refractivity contribution in [3.63, 3.8) is 0 Å². The molecule has 1 saturated heterocycles. The van der Waals surface area contributed by atoms with Gasteiger partial charge in [-0.3, -0.25) is 0 Å². The Balaban J connectivity index is 1.08. The zero-order chi connectivity index (χ0) is 25.3. The predicted octanol–water partition coefficient (Wildman–Crippen LogP) is 7.02. The van der Waals surface area contributed by atoms with Crippen LogP contribution in [-0.2, 0) is 11.3 Å². The van der Waals surface area contributed by atoms with Crippen LogP contribution in [0.15, 0.2) is 40.9 Å². The van der Waals surface area contributed by atoms with Crippen molar-refractivity contribution in [2.75, 3.05) is 11.4 Å². The number of aromatic carboxylic acids is 1. The Hall–Kier alpha value is -2.65. The van der Waals surface area contributed by atoms with E-state index in [-0.39, 0.29) is 11.7 Å². The van der Waals surface area contributed by atoms with E-state index in [0.717, 1.165) is 58.9 Å². The highest BCUT2D eigenvalue weighted by molar-refractivity contribution is 7.22. The van der Waals surface area contributed by atoms with Crippen molar-refractivity contribution in [3.05, 3.63) is 63.3 Å². The van der Waals surface area contributed by atoms with E-state index in [0.29, 0.717) is 45.8 Å². The van der Waals surface area contributed by atoms with Crippen molar-refractivity contribution in [2.24, 2.45) is 5.92 Å². The number of halogens is 2. The number of thiazole rings is 1. The monoisotopic (exact) mass is 555 g/mol. The van der Waals surface area contributed by atoms with Gasteiger partial charge in [0.05, 0.1) is 38.5 Å². The topological polar surface area (TPSA) is 88.7 Å². The normalized spacial score (nSPS) is 22.9. The largest absolute Gasteiger partial charge is 0.478 e. The number of carbonyl (C=O) groups is 1. The van der Waals surface area contributed by atoms with Gasteiger partial charge in [0.15, 0.2) is 5.13 Å². The lowest BCUT2D eigenvalue weighted by Gasteiger charge is -2.31. The SMILES string of the molecule is O=C(O)c1ccc2nc(N3C[C@H]4C[C@@H]3C[C@H]4OCc3c(-c4c(Cl)cccc4Cl)noc3C3CC3)sc2c1. The molecule has 2 bridgehead atoms. The van der Waals surface area contributed by atoms with Gasteiger partial charge in [0.2, 0.25) is 0 Å². The van der Waals surface area contributed by atoms with Crippen LogP contribution in [0.1, 0.15) is 53.3 Å². The van der Waals surface area contributed by atoms with Crippen molar-refractivity contribution in [2.45, 2.75) is 50.4 Å². The first-order chi connectivity index (χ1) is 18.0. The molecule has 3 heterocycles. The number of nitrogens with zero attached hydrogens (tertiary/aromatic N) is 3. The Kier molecular flexibility index (Phi) is 5.69. The number of benzene rings is 2. The highest BCUT2D eigenvalue weighted by Crippen LogP contribution is 2.48. The summed E-state index contributed by atoms with van der Waals surface area (Å²) in [5.41, 5.74) is 3.46. The van der Waals surface area contributed by atoms with Crippen LogP contribution in [0.2, 0.25) is 10.0 Å². The maximum absolute atomic E-state index is 11.3. The number of carboxylic acids is 1. The average Bonchev–Trinajstić information content (AvgIpc) is 3.21. The van der Waals surface area contributed by atoms with Gasteiger partial charge in [0.25, 0.3) is 0 Å². The second-order valence-electron chi connectivity index (χ2n) is 10.1. The molecule has 7 rings (SSSR count). The summed E-state index contributed by atoms with van der Waals surface area (Å²) in [6, 6.07) is 10.9. The maximum Gasteiger partial charge on any atom is 0.335 e. The summed E-state index contributed by atoms with van der Waals surface area (Å²) in [7, 11) is 0. The molecule has 0 amide bonds. The van der Waals surface area contributed by atoms with Gasteiger partial charge in [-0.15, -0.1) is 0 Å². The summed E-state index contributed by atoms with van der Waals surface area (Å²) in [6.07, 6.45) is 4.32. The van der Waals surface area contributed by atoms with E-state index in [1.807, 2.05) is 18.2 Å². The van der Waals surface area contributed by atoms with Crippen LogP contribution in [0, 0.1) is 5.92 Å². The number of aromatic nitrogens is 2. The van der Waals surface area contributed by atoms with Crippen LogP contribution in [0.4, 0.5) is 5.13 Å². The van der Waals surface area contributed by atoms with Gasteiger partial charge in [-0.25, -0.2) is 9.78 Å². The zero-order valence-electron chi connectivity index (χ0n) is 19.7. The van der Waals surface area contributed by atoms with Gasteiger partial charge in [-0.05, 0) is 56.0 Å². The number of ether oxygens (including phenoxy) is 1. The molecule has 10 heteroatoms. The maximum atomic E-state index is 11.3. The molecule has 4 aromatic rings. The molecule has 2 aromatic carbocycles. The Morgan fingerprint density at radius 2 is 2.00 bits per heavy atom. The molecule has 2 saturated carbocycles. The zero-order valence-corrected chi connectivity index (χ0v) is 22.0. The highest BCUT2D eigenvalue weighted by Gasteiger charge is 2.46. The van der Waals surface area contributed by atoms with E-state index < -0.39 is 5.97 Å². The third-order valence-corrected chi connectivity index (χ3v) is 9.44. The molecule has 1 N–H and O–H groups in total. The number of hydrogen-bond acceptors (Lipinski definition) is 7. The first kappa shape index (κ1) is 23.5. The molecule has 3 aliphatic rings. The fourth-order valence-electron chi connectivity index (χ4n) is 5.75. The fraction of sp³-hybridized carbons (Fsp3) is 0.370. The van der Waals surface area contributed by atoms with Crippen LogP contribution in [0.3, 0.4) is 0 Å². The summed E-state index contributed by atoms with van der Waals surface area (Å²) in [6.45, 7) is 1.29. The van der Waals surface area contributed by atoms with Gasteiger partial charge in [0.1, 0.15) is 11.5 Å². The molecule has 2 aliphatic carbocycles. The van der Waals surface area contributed by atoms with Crippen LogP contribution in [0.25, 0.3) is 21.5 Å². The molecule has 190 valence electrons. The summed E-state index contributed by atoms with van der Waals surface area (Å²) in [4.78, 5) is 18.5. The van der Waals surface area contributed by atoms with Crippen molar-refractivity contribution in [1.29, 1.82) is 0 Å². The number of rotatable bonds is 7. The Morgan fingerprint density at radius 1 is 1.19 bits per heavy atom. The Morgan fingerprint density at radius 3 is 2.70 bits per heavy atom. The molecular formula is C27H23Cl2N3O4S.